The summed E-state index contributed by atoms with van der Waals surface area (Å²) in [7, 11) is 1.64. The van der Waals surface area contributed by atoms with Crippen LogP contribution >= 0.6 is 12.0 Å². The van der Waals surface area contributed by atoms with Crippen molar-refractivity contribution in [3.8, 4) is 0 Å². The quantitative estimate of drug-likeness (QED) is 0.457. The zero-order chi connectivity index (χ0) is 8.10. The average Bonchev–Trinajstić information content (AvgIpc) is 2.06. The summed E-state index contributed by atoms with van der Waals surface area (Å²) in [6.45, 7) is 0.564. The van der Waals surface area contributed by atoms with E-state index in [2.05, 4.69) is 0 Å². The molecular weight excluding hydrogens is 183 g/mol. The Labute approximate surface area is 98.8 Å². The molecule has 0 N–H and O–H groups in total. The minimum absolute atomic E-state index is 0. The van der Waals surface area contributed by atoms with Crippen LogP contribution in [0.1, 0.15) is 5.56 Å². The second kappa shape index (κ2) is 6.95. The van der Waals surface area contributed by atoms with Crippen LogP contribution in [0.4, 0.5) is 0 Å². The third-order valence-corrected chi connectivity index (χ3v) is 1.75. The number of rotatable bonds is 3. The Morgan fingerprint density at radius 1 is 1.50 bits per heavy atom. The number of hydrogen-bond acceptors (Lipinski definition) is 3. The van der Waals surface area contributed by atoms with Crippen LogP contribution < -0.4 is 29.6 Å². The molecule has 0 spiro atoms. The van der Waals surface area contributed by atoms with E-state index in [1.165, 1.54) is 0 Å². The van der Waals surface area contributed by atoms with Crippen molar-refractivity contribution in [1.82, 2.24) is 0 Å². The van der Waals surface area contributed by atoms with E-state index in [4.69, 9.17) is 4.74 Å². The topological polar surface area (TPSA) is 32.3 Å². The number of ether oxygens (including phenoxy) is 1. The first-order valence-electron chi connectivity index (χ1n) is 3.24. The van der Waals surface area contributed by atoms with Crippen LogP contribution in [-0.4, -0.2) is 11.7 Å². The summed E-state index contributed by atoms with van der Waals surface area (Å²) >= 11 is 0.503. The summed E-state index contributed by atoms with van der Waals surface area (Å²) in [6, 6.07) is 7.41. The molecule has 0 aliphatic carbocycles. The van der Waals surface area contributed by atoms with Crippen LogP contribution in [-0.2, 0) is 11.3 Å². The van der Waals surface area contributed by atoms with Crippen molar-refractivity contribution < 1.29 is 38.8 Å². The average molecular weight is 192 g/mol. The van der Waals surface area contributed by atoms with Gasteiger partial charge in [-0.3, -0.25) is 0 Å². The van der Waals surface area contributed by atoms with Crippen molar-refractivity contribution in [3.63, 3.8) is 0 Å². The van der Waals surface area contributed by atoms with Gasteiger partial charge in [0.1, 0.15) is 0 Å². The molecule has 1 aromatic carbocycles. The van der Waals surface area contributed by atoms with Gasteiger partial charge >= 0.3 is 29.6 Å². The zero-order valence-corrected chi connectivity index (χ0v) is 10.1. The molecule has 0 amide bonds. The maximum absolute atomic E-state index is 10.4. The first kappa shape index (κ1) is 12.5. The summed E-state index contributed by atoms with van der Waals surface area (Å²) < 4.78 is 15.3. The number of benzene rings is 1. The van der Waals surface area contributed by atoms with Gasteiger partial charge in [0, 0.05) is 7.11 Å². The van der Waals surface area contributed by atoms with Gasteiger partial charge in [-0.25, -0.2) is 12.0 Å². The molecular formula is C8H9NaO2S. The van der Waals surface area contributed by atoms with Crippen molar-refractivity contribution in [2.24, 2.45) is 0 Å². The molecule has 0 atom stereocenters. The van der Waals surface area contributed by atoms with E-state index in [1.807, 2.05) is 18.2 Å². The minimum atomic E-state index is 0. The summed E-state index contributed by atoms with van der Waals surface area (Å²) in [5.74, 6) is 0. The van der Waals surface area contributed by atoms with E-state index in [1.54, 1.807) is 13.2 Å². The monoisotopic (exact) mass is 192 g/mol. The van der Waals surface area contributed by atoms with Gasteiger partial charge in [-0.05, 0) is 22.6 Å². The molecule has 4 heteroatoms. The molecule has 0 aliphatic rings. The van der Waals surface area contributed by atoms with Crippen LogP contribution in [0, 0.1) is 0 Å². The van der Waals surface area contributed by atoms with Gasteiger partial charge < -0.3 is 9.29 Å². The third kappa shape index (κ3) is 3.94. The van der Waals surface area contributed by atoms with Crippen LogP contribution in [0.2, 0.25) is 0 Å². The summed E-state index contributed by atoms with van der Waals surface area (Å²) in [6.07, 6.45) is 0. The van der Waals surface area contributed by atoms with Gasteiger partial charge in [0.2, 0.25) is 0 Å². The summed E-state index contributed by atoms with van der Waals surface area (Å²) in [4.78, 5) is 0.736. The van der Waals surface area contributed by atoms with Crippen molar-refractivity contribution in [3.05, 3.63) is 29.8 Å². The van der Waals surface area contributed by atoms with Gasteiger partial charge in [-0.15, -0.1) is 0 Å². The standard InChI is InChI=1S/C8H10O2S.Na/c1-10-6-7-3-2-4-8(5-7)11-9;/h2-5,9H,6H2,1H3;/q;+1/p-1. The Kier molecular flexibility index (Phi) is 7.23. The summed E-state index contributed by atoms with van der Waals surface area (Å²) in [5, 5.41) is 0. The maximum Gasteiger partial charge on any atom is 1.00 e. The van der Waals surface area contributed by atoms with Gasteiger partial charge in [-0.1, -0.05) is 12.1 Å². The van der Waals surface area contributed by atoms with Gasteiger partial charge in [0.25, 0.3) is 0 Å². The van der Waals surface area contributed by atoms with E-state index < -0.39 is 0 Å². The second-order valence-corrected chi connectivity index (χ2v) is 2.80. The molecule has 12 heavy (non-hydrogen) atoms. The molecule has 0 saturated carbocycles. The van der Waals surface area contributed by atoms with Gasteiger partial charge in [0.05, 0.1) is 6.61 Å². The molecule has 1 aromatic rings. The van der Waals surface area contributed by atoms with E-state index >= 15 is 0 Å². The Hall–Kier alpha value is 0.490. The van der Waals surface area contributed by atoms with Gasteiger partial charge in [-0.2, -0.15) is 0 Å². The first-order chi connectivity index (χ1) is 5.36. The molecule has 0 fully saturated rings. The fraction of sp³-hybridized carbons (Fsp3) is 0.250. The SMILES string of the molecule is COCc1cccc(S[O-])c1.[Na+]. The van der Waals surface area contributed by atoms with Crippen molar-refractivity contribution >= 4 is 12.0 Å². The molecule has 0 aromatic heterocycles. The molecule has 0 bridgehead atoms. The van der Waals surface area contributed by atoms with E-state index in [0.29, 0.717) is 18.6 Å². The molecule has 0 radical (unpaired) electrons. The Bertz CT molecular complexity index is 230. The Morgan fingerprint density at radius 3 is 2.83 bits per heavy atom. The Morgan fingerprint density at radius 2 is 2.25 bits per heavy atom. The first-order valence-corrected chi connectivity index (χ1v) is 3.98. The fourth-order valence-corrected chi connectivity index (χ4v) is 1.19. The van der Waals surface area contributed by atoms with Crippen molar-refractivity contribution in [2.75, 3.05) is 7.11 Å². The molecule has 0 saturated heterocycles. The van der Waals surface area contributed by atoms with Gasteiger partial charge in [0.15, 0.2) is 0 Å². The smallest absolute Gasteiger partial charge is 0.795 e. The van der Waals surface area contributed by atoms with E-state index in [-0.39, 0.29) is 29.6 Å². The largest absolute Gasteiger partial charge is 1.00 e. The van der Waals surface area contributed by atoms with Crippen molar-refractivity contribution in [2.45, 2.75) is 11.5 Å². The Balaban J connectivity index is 0.00000121. The van der Waals surface area contributed by atoms with Crippen LogP contribution in [0.5, 0.6) is 0 Å². The molecule has 2 nitrogen and oxygen atoms in total. The molecule has 0 aliphatic heterocycles. The number of methoxy groups -OCH3 is 1. The normalized spacial score (nSPS) is 9.17. The van der Waals surface area contributed by atoms with E-state index in [0.717, 1.165) is 10.5 Å². The summed E-state index contributed by atoms with van der Waals surface area (Å²) in [5.41, 5.74) is 1.04. The van der Waals surface area contributed by atoms with Crippen LogP contribution in [0.3, 0.4) is 0 Å². The minimum Gasteiger partial charge on any atom is -0.795 e. The number of hydrogen-bond donors (Lipinski definition) is 0. The molecule has 0 heterocycles. The van der Waals surface area contributed by atoms with Crippen LogP contribution in [0.25, 0.3) is 0 Å². The maximum atomic E-state index is 10.4. The zero-order valence-electron chi connectivity index (χ0n) is 7.24. The van der Waals surface area contributed by atoms with Crippen LogP contribution in [0.15, 0.2) is 29.2 Å². The third-order valence-electron chi connectivity index (χ3n) is 1.31. The molecule has 60 valence electrons. The fourth-order valence-electron chi connectivity index (χ4n) is 0.854. The predicted molar refractivity (Wildman–Crippen MR) is 43.8 cm³/mol. The van der Waals surface area contributed by atoms with E-state index in [9.17, 15) is 4.55 Å². The molecule has 0 unspecified atom stereocenters. The second-order valence-electron chi connectivity index (χ2n) is 2.16. The molecule has 1 rings (SSSR count). The predicted octanol–water partition coefficient (Wildman–Crippen LogP) is -0.940. The van der Waals surface area contributed by atoms with Crippen molar-refractivity contribution in [1.29, 1.82) is 0 Å².